The number of carbonyl (C=O) groups excluding carboxylic acids is 2. The van der Waals surface area contributed by atoms with Crippen LogP contribution in [0.4, 0.5) is 0 Å². The van der Waals surface area contributed by atoms with Crippen LogP contribution in [0.3, 0.4) is 0 Å². The van der Waals surface area contributed by atoms with Gasteiger partial charge in [-0.25, -0.2) is 0 Å². The van der Waals surface area contributed by atoms with Crippen molar-refractivity contribution in [1.82, 2.24) is 0 Å². The topological polar surface area (TPSA) is 81.8 Å². The number of rotatable bonds is 0. The minimum Gasteiger partial charge on any atom is -0.303 e. The Labute approximate surface area is 124 Å². The van der Waals surface area contributed by atoms with Crippen molar-refractivity contribution in [3.05, 3.63) is 46.5 Å². The lowest BCUT2D eigenvalue weighted by Gasteiger charge is -2.31. The molecule has 1 aromatic carbocycles. The quantitative estimate of drug-likeness (QED) is 0.722. The van der Waals surface area contributed by atoms with Crippen LogP contribution in [0.2, 0.25) is 0 Å². The number of hydrogen-bond acceptors (Lipinski definition) is 4. The highest BCUT2D eigenvalue weighted by molar-refractivity contribution is 6.57. The van der Waals surface area contributed by atoms with Crippen molar-refractivity contribution in [1.29, 1.82) is 10.8 Å². The Kier molecular flexibility index (Phi) is 2.88. The first-order valence-corrected chi connectivity index (χ1v) is 6.71. The van der Waals surface area contributed by atoms with Gasteiger partial charge in [0.05, 0.1) is 33.3 Å². The van der Waals surface area contributed by atoms with E-state index in [9.17, 15) is 9.59 Å². The molecule has 2 aliphatic rings. The molecule has 2 N–H and O–H groups in total. The summed E-state index contributed by atoms with van der Waals surface area (Å²) in [5, 5.41) is 14.0. The number of ketones is 2. The molecule has 0 radical (unpaired) electrons. The third kappa shape index (κ3) is 1.55. The summed E-state index contributed by atoms with van der Waals surface area (Å²) in [6.07, 6.45) is 0. The third-order valence-electron chi connectivity index (χ3n) is 3.47. The molecule has 0 bridgehead atoms. The molecule has 3 rings (SSSR count). The fourth-order valence-electron chi connectivity index (χ4n) is 2.46. The van der Waals surface area contributed by atoms with Crippen LogP contribution >= 0.6 is 23.2 Å². The van der Waals surface area contributed by atoms with Gasteiger partial charge in [-0.3, -0.25) is 9.59 Å². The Morgan fingerprint density at radius 3 is 1.50 bits per heavy atom. The van der Waals surface area contributed by atoms with E-state index >= 15 is 0 Å². The second kappa shape index (κ2) is 4.36. The number of halogens is 2. The van der Waals surface area contributed by atoms with Crippen LogP contribution in [0, 0.1) is 10.8 Å². The smallest absolute Gasteiger partial charge is 0.196 e. The molecule has 2 aliphatic carbocycles. The number of hydrogen-bond donors (Lipinski definition) is 2. The van der Waals surface area contributed by atoms with E-state index in [1.54, 1.807) is 12.1 Å². The van der Waals surface area contributed by atoms with Gasteiger partial charge in [0.2, 0.25) is 0 Å². The van der Waals surface area contributed by atoms with Gasteiger partial charge in [-0.05, 0) is 0 Å². The summed E-state index contributed by atoms with van der Waals surface area (Å²) < 4.78 is 0. The second-order valence-corrected chi connectivity index (χ2v) is 5.53. The monoisotopic (exact) mass is 306 g/mol. The van der Waals surface area contributed by atoms with E-state index in [1.807, 2.05) is 0 Å². The summed E-state index contributed by atoms with van der Waals surface area (Å²) in [6.45, 7) is 0. The van der Waals surface area contributed by atoms with Crippen molar-refractivity contribution >= 4 is 46.2 Å². The van der Waals surface area contributed by atoms with Crippen LogP contribution in [0.1, 0.15) is 20.7 Å². The molecule has 0 amide bonds. The van der Waals surface area contributed by atoms with Crippen molar-refractivity contribution in [2.24, 2.45) is 0 Å². The van der Waals surface area contributed by atoms with Gasteiger partial charge < -0.3 is 10.8 Å². The molecule has 2 unspecified atom stereocenters. The average Bonchev–Trinajstić information content (AvgIpc) is 2.46. The van der Waals surface area contributed by atoms with E-state index in [4.69, 9.17) is 34.0 Å². The molecule has 100 valence electrons. The van der Waals surface area contributed by atoms with Crippen LogP contribution in [0.15, 0.2) is 35.4 Å². The van der Waals surface area contributed by atoms with Gasteiger partial charge in [-0.1, -0.05) is 24.3 Å². The standard InChI is InChI=1S/C14H8Cl2N2O2/c15-9-10(16)12(18)8-7(11(9)17)13(19)5-3-1-2-4-6(5)14(8)20/h1-4,9-10,17-18H. The number of alkyl halides is 2. The van der Waals surface area contributed by atoms with E-state index in [0.29, 0.717) is 0 Å². The minimum atomic E-state index is -0.982. The highest BCUT2D eigenvalue weighted by Crippen LogP contribution is 2.35. The van der Waals surface area contributed by atoms with E-state index < -0.39 is 22.3 Å². The molecule has 20 heavy (non-hydrogen) atoms. The number of benzene rings is 1. The van der Waals surface area contributed by atoms with E-state index in [1.165, 1.54) is 12.1 Å². The molecular weight excluding hydrogens is 299 g/mol. The predicted molar refractivity (Wildman–Crippen MR) is 76.9 cm³/mol. The first-order chi connectivity index (χ1) is 9.45. The summed E-state index contributed by atoms with van der Waals surface area (Å²) in [6, 6.07) is 6.37. The third-order valence-corrected chi connectivity index (χ3v) is 4.54. The Balaban J connectivity index is 2.31. The number of allylic oxidation sites excluding steroid dienone is 2. The summed E-state index contributed by atoms with van der Waals surface area (Å²) in [7, 11) is 0. The molecule has 1 aromatic rings. The maximum atomic E-state index is 12.5. The van der Waals surface area contributed by atoms with Gasteiger partial charge in [0.15, 0.2) is 11.6 Å². The van der Waals surface area contributed by atoms with Gasteiger partial charge in [-0.2, -0.15) is 0 Å². The molecule has 4 nitrogen and oxygen atoms in total. The molecule has 0 heterocycles. The zero-order valence-electron chi connectivity index (χ0n) is 10.0. The van der Waals surface area contributed by atoms with Crippen LogP contribution in [0.5, 0.6) is 0 Å². The van der Waals surface area contributed by atoms with Gasteiger partial charge in [0, 0.05) is 11.1 Å². The average molecular weight is 307 g/mol. The van der Waals surface area contributed by atoms with Gasteiger partial charge in [0.25, 0.3) is 0 Å². The van der Waals surface area contributed by atoms with Crippen LogP contribution < -0.4 is 0 Å². The molecule has 0 spiro atoms. The lowest BCUT2D eigenvalue weighted by molar-refractivity contribution is 0.0983. The van der Waals surface area contributed by atoms with Gasteiger partial charge >= 0.3 is 0 Å². The normalized spacial score (nSPS) is 25.7. The van der Waals surface area contributed by atoms with Crippen LogP contribution in [-0.2, 0) is 0 Å². The number of nitrogens with one attached hydrogen (secondary N) is 2. The summed E-state index contributed by atoms with van der Waals surface area (Å²) >= 11 is 12.0. The van der Waals surface area contributed by atoms with Crippen molar-refractivity contribution < 1.29 is 9.59 Å². The molecule has 6 heteroatoms. The van der Waals surface area contributed by atoms with Crippen LogP contribution in [-0.4, -0.2) is 33.7 Å². The number of carbonyl (C=O) groups is 2. The lowest BCUT2D eigenvalue weighted by atomic mass is 9.75. The molecule has 0 fully saturated rings. The van der Waals surface area contributed by atoms with Crippen molar-refractivity contribution in [2.45, 2.75) is 10.8 Å². The van der Waals surface area contributed by atoms with E-state index in [2.05, 4.69) is 0 Å². The fraction of sp³-hybridized carbons (Fsp3) is 0.143. The van der Waals surface area contributed by atoms with E-state index in [-0.39, 0.29) is 33.7 Å². The lowest BCUT2D eigenvalue weighted by Crippen LogP contribution is -2.45. The predicted octanol–water partition coefficient (Wildman–Crippen LogP) is 2.63. The van der Waals surface area contributed by atoms with Crippen molar-refractivity contribution in [2.75, 3.05) is 0 Å². The maximum absolute atomic E-state index is 12.5. The Morgan fingerprint density at radius 2 is 1.15 bits per heavy atom. The van der Waals surface area contributed by atoms with Crippen molar-refractivity contribution in [3.63, 3.8) is 0 Å². The fourth-order valence-corrected chi connectivity index (χ4v) is 2.93. The molecule has 0 saturated heterocycles. The zero-order chi connectivity index (χ0) is 14.6. The Hall–Kier alpha value is -1.78. The largest absolute Gasteiger partial charge is 0.303 e. The van der Waals surface area contributed by atoms with E-state index in [0.717, 1.165) is 0 Å². The highest BCUT2D eigenvalue weighted by atomic mass is 35.5. The first kappa shape index (κ1) is 13.2. The minimum absolute atomic E-state index is 0.0874. The highest BCUT2D eigenvalue weighted by Gasteiger charge is 2.45. The summed E-state index contributed by atoms with van der Waals surface area (Å²) in [4.78, 5) is 24.9. The molecule has 0 aromatic heterocycles. The zero-order valence-corrected chi connectivity index (χ0v) is 11.5. The SMILES string of the molecule is N=C1C2=C(C(=N)C(Cl)C1Cl)C(=O)c1ccccc1C2=O. The van der Waals surface area contributed by atoms with Crippen LogP contribution in [0.25, 0.3) is 0 Å². The Bertz CT molecular complexity index is 675. The molecule has 0 aliphatic heterocycles. The maximum Gasteiger partial charge on any atom is 0.196 e. The molecular formula is C14H8Cl2N2O2. The number of fused-ring (bicyclic) bond motifs is 1. The summed E-state index contributed by atoms with van der Waals surface area (Å²) in [5.41, 5.74) is -0.0707. The van der Waals surface area contributed by atoms with Gasteiger partial charge in [-0.15, -0.1) is 23.2 Å². The Morgan fingerprint density at radius 1 is 0.800 bits per heavy atom. The van der Waals surface area contributed by atoms with Gasteiger partial charge in [0.1, 0.15) is 0 Å². The van der Waals surface area contributed by atoms with Crippen molar-refractivity contribution in [3.8, 4) is 0 Å². The summed E-state index contributed by atoms with van der Waals surface area (Å²) in [5.74, 6) is -0.890. The first-order valence-electron chi connectivity index (χ1n) is 5.83. The number of Topliss-reactive ketones (excluding diaryl/α,β-unsaturated/α-hetero) is 2. The molecule has 0 saturated carbocycles. The molecule has 2 atom stereocenters. The second-order valence-electron chi connectivity index (χ2n) is 4.58.